The van der Waals surface area contributed by atoms with E-state index in [4.69, 9.17) is 19.5 Å². The molecule has 0 heterocycles. The highest BCUT2D eigenvalue weighted by molar-refractivity contribution is 6.20. The normalized spacial score (nSPS) is 9.91. The van der Waals surface area contributed by atoms with Crippen LogP contribution in [0.5, 0.6) is 11.5 Å². The minimum atomic E-state index is -0.881. The highest BCUT2D eigenvalue weighted by Crippen LogP contribution is 2.15. The van der Waals surface area contributed by atoms with Gasteiger partial charge in [-0.25, -0.2) is 0 Å². The second-order valence-corrected chi connectivity index (χ2v) is 4.84. The SMILES string of the molecule is O=C(O)Cc1ccc(OBOc2ccc(CC(=O)O)cc2)cc1. The molecule has 0 aliphatic carbocycles. The number of aliphatic carboxylic acids is 2. The van der Waals surface area contributed by atoms with Crippen LogP contribution in [0.3, 0.4) is 0 Å². The van der Waals surface area contributed by atoms with Gasteiger partial charge in [-0.1, -0.05) is 24.3 Å². The Morgan fingerprint density at radius 1 is 0.739 bits per heavy atom. The van der Waals surface area contributed by atoms with Crippen molar-refractivity contribution in [2.45, 2.75) is 12.8 Å². The summed E-state index contributed by atoms with van der Waals surface area (Å²) >= 11 is 0. The summed E-state index contributed by atoms with van der Waals surface area (Å²) in [5.74, 6) is -0.620. The number of carboxylic acid groups (broad SMARTS) is 2. The van der Waals surface area contributed by atoms with Gasteiger partial charge in [-0.3, -0.25) is 9.59 Å². The largest absolute Gasteiger partial charge is 0.576 e. The van der Waals surface area contributed by atoms with Gasteiger partial charge in [0.25, 0.3) is 0 Å². The summed E-state index contributed by atoms with van der Waals surface area (Å²) in [6.45, 7) is 0. The van der Waals surface area contributed by atoms with Crippen molar-refractivity contribution in [2.24, 2.45) is 0 Å². The van der Waals surface area contributed by atoms with Crippen LogP contribution in [-0.2, 0) is 22.4 Å². The van der Waals surface area contributed by atoms with Gasteiger partial charge < -0.3 is 19.5 Å². The predicted molar refractivity (Wildman–Crippen MR) is 84.0 cm³/mol. The summed E-state index contributed by atoms with van der Waals surface area (Å²) in [5.41, 5.74) is 1.39. The van der Waals surface area contributed by atoms with E-state index < -0.39 is 11.9 Å². The molecule has 2 N–H and O–H groups in total. The van der Waals surface area contributed by atoms with Crippen molar-refractivity contribution in [3.63, 3.8) is 0 Å². The molecule has 6 nitrogen and oxygen atoms in total. The summed E-state index contributed by atoms with van der Waals surface area (Å²) in [5, 5.41) is 17.4. The average Bonchev–Trinajstić information content (AvgIpc) is 2.50. The lowest BCUT2D eigenvalue weighted by Crippen LogP contribution is -2.11. The summed E-state index contributed by atoms with van der Waals surface area (Å²) in [6, 6.07) is 13.5. The first-order valence-electron chi connectivity index (χ1n) is 6.90. The molecule has 118 valence electrons. The molecule has 0 aliphatic heterocycles. The number of hydrogen-bond donors (Lipinski definition) is 2. The lowest BCUT2D eigenvalue weighted by atomic mass is 10.1. The Morgan fingerprint density at radius 2 is 1.09 bits per heavy atom. The minimum Gasteiger partial charge on any atom is -0.529 e. The van der Waals surface area contributed by atoms with Gasteiger partial charge in [0, 0.05) is 0 Å². The van der Waals surface area contributed by atoms with Crippen molar-refractivity contribution in [1.82, 2.24) is 0 Å². The van der Waals surface area contributed by atoms with E-state index in [0.29, 0.717) is 22.6 Å². The smallest absolute Gasteiger partial charge is 0.529 e. The summed E-state index contributed by atoms with van der Waals surface area (Å²) < 4.78 is 10.8. The second-order valence-electron chi connectivity index (χ2n) is 4.84. The molecular formula is C16H15BO6. The van der Waals surface area contributed by atoms with Crippen LogP contribution in [0.4, 0.5) is 0 Å². The van der Waals surface area contributed by atoms with Crippen molar-refractivity contribution in [1.29, 1.82) is 0 Å². The Balaban J connectivity index is 1.80. The topological polar surface area (TPSA) is 93.1 Å². The third-order valence-corrected chi connectivity index (χ3v) is 3.01. The number of benzene rings is 2. The Labute approximate surface area is 133 Å². The molecule has 0 radical (unpaired) electrons. The zero-order valence-corrected chi connectivity index (χ0v) is 12.3. The van der Waals surface area contributed by atoms with E-state index in [1.54, 1.807) is 48.5 Å². The van der Waals surface area contributed by atoms with Crippen molar-refractivity contribution in [2.75, 3.05) is 0 Å². The van der Waals surface area contributed by atoms with Gasteiger partial charge in [-0.15, -0.1) is 0 Å². The quantitative estimate of drug-likeness (QED) is 0.720. The molecule has 2 aromatic carbocycles. The Morgan fingerprint density at radius 3 is 1.39 bits per heavy atom. The van der Waals surface area contributed by atoms with Crippen LogP contribution in [-0.4, -0.2) is 29.8 Å². The fourth-order valence-corrected chi connectivity index (χ4v) is 1.92. The number of carboxylic acids is 2. The van der Waals surface area contributed by atoms with Crippen LogP contribution < -0.4 is 9.31 Å². The van der Waals surface area contributed by atoms with E-state index in [9.17, 15) is 9.59 Å². The fourth-order valence-electron chi connectivity index (χ4n) is 1.92. The summed E-state index contributed by atoms with van der Waals surface area (Å²) in [4.78, 5) is 21.2. The number of rotatable bonds is 8. The van der Waals surface area contributed by atoms with Gasteiger partial charge in [0.15, 0.2) is 0 Å². The minimum absolute atomic E-state index is 0.00342. The molecule has 0 atom stereocenters. The maximum atomic E-state index is 10.6. The molecule has 0 saturated carbocycles. The van der Waals surface area contributed by atoms with Gasteiger partial charge >= 0.3 is 19.6 Å². The molecule has 7 heteroatoms. The molecule has 0 spiro atoms. The third kappa shape index (κ3) is 5.74. The second kappa shape index (κ2) is 7.88. The van der Waals surface area contributed by atoms with Gasteiger partial charge in [0.05, 0.1) is 12.8 Å². The highest BCUT2D eigenvalue weighted by Gasteiger charge is 2.04. The van der Waals surface area contributed by atoms with Gasteiger partial charge in [0.2, 0.25) is 0 Å². The van der Waals surface area contributed by atoms with Crippen LogP contribution in [0.1, 0.15) is 11.1 Å². The maximum Gasteiger partial charge on any atom is 0.576 e. The monoisotopic (exact) mass is 314 g/mol. The van der Waals surface area contributed by atoms with E-state index in [0.717, 1.165) is 0 Å². The fraction of sp³-hybridized carbons (Fsp3) is 0.125. The van der Waals surface area contributed by atoms with E-state index in [-0.39, 0.29) is 20.5 Å². The first-order chi connectivity index (χ1) is 11.0. The first-order valence-corrected chi connectivity index (χ1v) is 6.90. The van der Waals surface area contributed by atoms with Crippen LogP contribution in [0.2, 0.25) is 0 Å². The van der Waals surface area contributed by atoms with Gasteiger partial charge in [0.1, 0.15) is 11.5 Å². The Bertz CT molecular complexity index is 606. The number of hydrogen-bond acceptors (Lipinski definition) is 4. The molecule has 0 bridgehead atoms. The van der Waals surface area contributed by atoms with E-state index in [2.05, 4.69) is 0 Å². The van der Waals surface area contributed by atoms with Crippen LogP contribution in [0, 0.1) is 0 Å². The molecule has 0 amide bonds. The molecule has 2 rings (SSSR count). The summed E-state index contributed by atoms with van der Waals surface area (Å²) in [6.07, 6.45) is -0.0566. The van der Waals surface area contributed by atoms with E-state index in [1.165, 1.54) is 0 Å². The first kappa shape index (κ1) is 16.4. The number of carbonyl (C=O) groups is 2. The lowest BCUT2D eigenvalue weighted by molar-refractivity contribution is -0.137. The molecule has 23 heavy (non-hydrogen) atoms. The zero-order chi connectivity index (χ0) is 16.7. The molecule has 2 aromatic rings. The van der Waals surface area contributed by atoms with Gasteiger partial charge in [-0.05, 0) is 35.4 Å². The van der Waals surface area contributed by atoms with Crippen molar-refractivity contribution >= 4 is 19.6 Å². The Hall–Kier alpha value is -2.96. The molecule has 0 aromatic heterocycles. The molecule has 0 aliphatic rings. The van der Waals surface area contributed by atoms with Crippen LogP contribution in [0.15, 0.2) is 48.5 Å². The predicted octanol–water partition coefficient (Wildman–Crippen LogP) is 1.67. The Kier molecular flexibility index (Phi) is 5.63. The van der Waals surface area contributed by atoms with Crippen molar-refractivity contribution < 1.29 is 29.1 Å². The van der Waals surface area contributed by atoms with Gasteiger partial charge in [-0.2, -0.15) is 0 Å². The molecule has 0 fully saturated rings. The molecule has 0 unspecified atom stereocenters. The maximum absolute atomic E-state index is 10.6. The molecule has 0 saturated heterocycles. The zero-order valence-electron chi connectivity index (χ0n) is 12.3. The molecular weight excluding hydrogens is 299 g/mol. The highest BCUT2D eigenvalue weighted by atomic mass is 16.6. The third-order valence-electron chi connectivity index (χ3n) is 3.01. The standard InChI is InChI=1S/C16H15BO6/c18-15(19)9-11-1-5-13(6-2-11)22-17-23-14-7-3-12(4-8-14)10-16(20)21/h1-8,17H,9-10H2,(H,18,19)(H,20,21). The van der Waals surface area contributed by atoms with Crippen LogP contribution in [0.25, 0.3) is 0 Å². The average molecular weight is 314 g/mol. The summed E-state index contributed by atoms with van der Waals surface area (Å²) in [7, 11) is -0.00342. The van der Waals surface area contributed by atoms with Crippen LogP contribution >= 0.6 is 0 Å². The lowest BCUT2D eigenvalue weighted by Gasteiger charge is -2.08. The van der Waals surface area contributed by atoms with E-state index in [1.807, 2.05) is 0 Å². The van der Waals surface area contributed by atoms with Crippen molar-refractivity contribution in [3.05, 3.63) is 59.7 Å². The van der Waals surface area contributed by atoms with E-state index >= 15 is 0 Å². The van der Waals surface area contributed by atoms with Crippen molar-refractivity contribution in [3.8, 4) is 11.5 Å².